The summed E-state index contributed by atoms with van der Waals surface area (Å²) in [6, 6.07) is 6.76. The van der Waals surface area contributed by atoms with Crippen LogP contribution in [-0.2, 0) is 14.3 Å². The zero-order valence-electron chi connectivity index (χ0n) is 13.4. The number of primary amides is 1. The minimum atomic E-state index is -0.636. The lowest BCUT2D eigenvalue weighted by molar-refractivity contribution is -0.126. The van der Waals surface area contributed by atoms with Gasteiger partial charge < -0.3 is 20.7 Å². The highest BCUT2D eigenvalue weighted by atomic mass is 16.5. The van der Waals surface area contributed by atoms with Crippen LogP contribution in [0, 0.1) is 0 Å². The van der Waals surface area contributed by atoms with Crippen LogP contribution in [-0.4, -0.2) is 43.0 Å². The molecule has 0 bridgehead atoms. The third-order valence-corrected chi connectivity index (χ3v) is 4.41. The van der Waals surface area contributed by atoms with E-state index in [1.54, 1.807) is 29.2 Å². The zero-order chi connectivity index (χ0) is 17.1. The van der Waals surface area contributed by atoms with Crippen LogP contribution in [0.2, 0.25) is 0 Å². The fourth-order valence-corrected chi connectivity index (χ4v) is 3.07. The number of nitrogens with zero attached hydrogens (tertiary/aromatic N) is 1. The fourth-order valence-electron chi connectivity index (χ4n) is 3.07. The summed E-state index contributed by atoms with van der Waals surface area (Å²) in [5.74, 6) is -0.619. The molecule has 2 atom stereocenters. The fraction of sp³-hybridized carbons (Fsp3) is 0.471. The highest BCUT2D eigenvalue weighted by molar-refractivity contribution is 5.97. The average molecular weight is 331 g/mol. The summed E-state index contributed by atoms with van der Waals surface area (Å²) < 4.78 is 5.24. The number of nitrogens with one attached hydrogen (secondary N) is 1. The second kappa shape index (κ2) is 7.00. The maximum absolute atomic E-state index is 12.3. The second-order valence-corrected chi connectivity index (χ2v) is 6.18. The molecule has 2 heterocycles. The van der Waals surface area contributed by atoms with Gasteiger partial charge >= 0.3 is 0 Å². The molecule has 24 heavy (non-hydrogen) atoms. The van der Waals surface area contributed by atoms with Crippen molar-refractivity contribution in [2.45, 2.75) is 37.8 Å². The van der Waals surface area contributed by atoms with Crippen molar-refractivity contribution in [2.24, 2.45) is 5.73 Å². The van der Waals surface area contributed by atoms with Gasteiger partial charge in [-0.25, -0.2) is 0 Å². The number of piperidine rings is 1. The second-order valence-electron chi connectivity index (χ2n) is 6.18. The van der Waals surface area contributed by atoms with Crippen molar-refractivity contribution in [1.29, 1.82) is 0 Å². The molecule has 0 spiro atoms. The quantitative estimate of drug-likeness (QED) is 0.842. The largest absolute Gasteiger partial charge is 0.367 e. The topological polar surface area (TPSA) is 102 Å². The Kier molecular flexibility index (Phi) is 4.80. The standard InChI is InChI=1S/C17H21N3O4/c18-16(22)14-9-12(10-24-14)19-17(23)11-4-6-13(7-5-11)20-8-2-1-3-15(20)21/h4-7,12,14H,1-3,8-10H2,(H2,18,22)(H,19,23). The van der Waals surface area contributed by atoms with Gasteiger partial charge in [0.25, 0.3) is 5.91 Å². The number of carbonyl (C=O) groups excluding carboxylic acids is 3. The zero-order valence-corrected chi connectivity index (χ0v) is 13.4. The number of hydrogen-bond donors (Lipinski definition) is 2. The van der Waals surface area contributed by atoms with Crippen molar-refractivity contribution in [3.8, 4) is 0 Å². The molecule has 0 aliphatic carbocycles. The predicted octanol–water partition coefficient (Wildman–Crippen LogP) is 0.576. The van der Waals surface area contributed by atoms with E-state index in [0.29, 0.717) is 18.4 Å². The first-order valence-electron chi connectivity index (χ1n) is 8.17. The summed E-state index contributed by atoms with van der Waals surface area (Å²) >= 11 is 0. The molecule has 3 rings (SSSR count). The van der Waals surface area contributed by atoms with E-state index >= 15 is 0 Å². The number of benzene rings is 1. The van der Waals surface area contributed by atoms with Gasteiger partial charge in [-0.15, -0.1) is 0 Å². The van der Waals surface area contributed by atoms with E-state index in [2.05, 4.69) is 5.32 Å². The molecule has 3 amide bonds. The molecular weight excluding hydrogens is 310 g/mol. The molecule has 2 unspecified atom stereocenters. The van der Waals surface area contributed by atoms with Gasteiger partial charge in [0.1, 0.15) is 6.10 Å². The Bertz CT molecular complexity index is 644. The molecule has 0 aromatic heterocycles. The number of anilines is 1. The van der Waals surface area contributed by atoms with E-state index < -0.39 is 12.0 Å². The molecule has 2 aliphatic heterocycles. The molecule has 2 aliphatic rings. The highest BCUT2D eigenvalue weighted by Crippen LogP contribution is 2.21. The van der Waals surface area contributed by atoms with Gasteiger partial charge in [-0.3, -0.25) is 14.4 Å². The number of amides is 3. The van der Waals surface area contributed by atoms with Gasteiger partial charge in [0.2, 0.25) is 11.8 Å². The maximum Gasteiger partial charge on any atom is 0.251 e. The summed E-state index contributed by atoms with van der Waals surface area (Å²) in [4.78, 5) is 37.0. The number of hydrogen-bond acceptors (Lipinski definition) is 4. The Morgan fingerprint density at radius 2 is 1.96 bits per heavy atom. The van der Waals surface area contributed by atoms with Crippen molar-refractivity contribution in [1.82, 2.24) is 5.32 Å². The third kappa shape index (κ3) is 3.56. The van der Waals surface area contributed by atoms with Crippen LogP contribution in [0.25, 0.3) is 0 Å². The van der Waals surface area contributed by atoms with E-state index in [1.807, 2.05) is 0 Å². The van der Waals surface area contributed by atoms with Crippen LogP contribution >= 0.6 is 0 Å². The van der Waals surface area contributed by atoms with E-state index in [1.165, 1.54) is 0 Å². The summed E-state index contributed by atoms with van der Waals surface area (Å²) in [6.07, 6.45) is 2.26. The Morgan fingerprint density at radius 3 is 2.58 bits per heavy atom. The highest BCUT2D eigenvalue weighted by Gasteiger charge is 2.30. The van der Waals surface area contributed by atoms with Crippen LogP contribution in [0.15, 0.2) is 24.3 Å². The number of rotatable bonds is 4. The lowest BCUT2D eigenvalue weighted by Crippen LogP contribution is -2.36. The lowest BCUT2D eigenvalue weighted by Gasteiger charge is -2.26. The molecule has 1 aromatic carbocycles. The molecule has 7 nitrogen and oxygen atoms in total. The van der Waals surface area contributed by atoms with Crippen LogP contribution in [0.1, 0.15) is 36.0 Å². The summed E-state index contributed by atoms with van der Waals surface area (Å²) in [7, 11) is 0. The molecule has 2 fully saturated rings. The average Bonchev–Trinajstić information content (AvgIpc) is 3.04. The van der Waals surface area contributed by atoms with Crippen molar-refractivity contribution in [3.63, 3.8) is 0 Å². The van der Waals surface area contributed by atoms with Crippen molar-refractivity contribution in [2.75, 3.05) is 18.1 Å². The Balaban J connectivity index is 1.60. The van der Waals surface area contributed by atoms with Crippen molar-refractivity contribution >= 4 is 23.4 Å². The molecule has 7 heteroatoms. The molecule has 2 saturated heterocycles. The SMILES string of the molecule is NC(=O)C1CC(NC(=O)c2ccc(N3CCCCC3=O)cc2)CO1. The minimum absolute atomic E-state index is 0.124. The normalized spacial score (nSPS) is 24.0. The van der Waals surface area contributed by atoms with Crippen LogP contribution < -0.4 is 16.0 Å². The summed E-state index contributed by atoms with van der Waals surface area (Å²) in [5, 5.41) is 2.84. The first-order valence-corrected chi connectivity index (χ1v) is 8.17. The number of ether oxygens (including phenoxy) is 1. The third-order valence-electron chi connectivity index (χ3n) is 4.41. The predicted molar refractivity (Wildman–Crippen MR) is 87.5 cm³/mol. The summed E-state index contributed by atoms with van der Waals surface area (Å²) in [5.41, 5.74) is 6.51. The number of carbonyl (C=O) groups is 3. The first-order chi connectivity index (χ1) is 11.5. The molecule has 0 radical (unpaired) electrons. The van der Waals surface area contributed by atoms with Gasteiger partial charge in [0.15, 0.2) is 0 Å². The van der Waals surface area contributed by atoms with Gasteiger partial charge in [-0.2, -0.15) is 0 Å². The first kappa shape index (κ1) is 16.4. The van der Waals surface area contributed by atoms with Crippen molar-refractivity contribution < 1.29 is 19.1 Å². The number of nitrogens with two attached hydrogens (primary N) is 1. The maximum atomic E-state index is 12.3. The lowest BCUT2D eigenvalue weighted by atomic mass is 10.1. The van der Waals surface area contributed by atoms with Crippen LogP contribution in [0.5, 0.6) is 0 Å². The molecule has 3 N–H and O–H groups in total. The van der Waals surface area contributed by atoms with Crippen molar-refractivity contribution in [3.05, 3.63) is 29.8 Å². The molecule has 1 aromatic rings. The van der Waals surface area contributed by atoms with Gasteiger partial charge in [-0.05, 0) is 37.1 Å². The van der Waals surface area contributed by atoms with E-state index in [0.717, 1.165) is 25.1 Å². The Morgan fingerprint density at radius 1 is 1.21 bits per heavy atom. The van der Waals surface area contributed by atoms with Crippen LogP contribution in [0.4, 0.5) is 5.69 Å². The van der Waals surface area contributed by atoms with Gasteiger partial charge in [-0.1, -0.05) is 0 Å². The molecule has 128 valence electrons. The Hall–Kier alpha value is -2.41. The summed E-state index contributed by atoms with van der Waals surface area (Å²) in [6.45, 7) is 0.998. The smallest absolute Gasteiger partial charge is 0.251 e. The molecule has 0 saturated carbocycles. The van der Waals surface area contributed by atoms with Gasteiger partial charge in [0.05, 0.1) is 12.6 Å². The molecular formula is C17H21N3O4. The monoisotopic (exact) mass is 331 g/mol. The van der Waals surface area contributed by atoms with E-state index in [-0.39, 0.29) is 24.5 Å². The Labute approximate surface area is 140 Å². The van der Waals surface area contributed by atoms with E-state index in [4.69, 9.17) is 10.5 Å². The minimum Gasteiger partial charge on any atom is -0.367 e. The van der Waals surface area contributed by atoms with Crippen LogP contribution in [0.3, 0.4) is 0 Å². The van der Waals surface area contributed by atoms with E-state index in [9.17, 15) is 14.4 Å². The van der Waals surface area contributed by atoms with Gasteiger partial charge in [0, 0.05) is 30.6 Å².